The highest BCUT2D eigenvalue weighted by Gasteiger charge is 2.25. The Morgan fingerprint density at radius 3 is 1.62 bits per heavy atom. The summed E-state index contributed by atoms with van der Waals surface area (Å²) in [5, 5.41) is 0. The van der Waals surface area contributed by atoms with Gasteiger partial charge >= 0.3 is 0 Å². The van der Waals surface area contributed by atoms with Crippen LogP contribution in [0, 0.1) is 0 Å². The summed E-state index contributed by atoms with van der Waals surface area (Å²) in [6.45, 7) is 6.81. The minimum Gasteiger partial charge on any atom is -0.114 e. The lowest BCUT2D eigenvalue weighted by Gasteiger charge is -2.26. The van der Waals surface area contributed by atoms with Crippen LogP contribution in [0.15, 0.2) is 24.3 Å². The Balaban J connectivity index is 2.30. The van der Waals surface area contributed by atoms with Crippen molar-refractivity contribution in [1.29, 1.82) is 0 Å². The summed E-state index contributed by atoms with van der Waals surface area (Å²) in [6.07, 6.45) is 24.2. The number of hydrogen-bond acceptors (Lipinski definition) is 0. The zero-order chi connectivity index (χ0) is 21.2. The molecule has 0 heterocycles. The zero-order valence-electron chi connectivity index (χ0n) is 19.9. The first-order valence-corrected chi connectivity index (χ1v) is 13.3. The lowest BCUT2D eigenvalue weighted by Crippen LogP contribution is -2.16. The molecule has 0 aliphatic rings. The minimum atomic E-state index is -0.209. The molecule has 0 radical (unpaired) electrons. The van der Waals surface area contributed by atoms with Crippen molar-refractivity contribution in [2.75, 3.05) is 0 Å². The number of halogens is 1. The second kappa shape index (κ2) is 17.2. The largest absolute Gasteiger partial charge is 0.114 e. The zero-order valence-corrected chi connectivity index (χ0v) is 20.7. The maximum absolute atomic E-state index is 7.06. The van der Waals surface area contributed by atoms with Gasteiger partial charge in [-0.2, -0.15) is 0 Å². The molecule has 29 heavy (non-hydrogen) atoms. The van der Waals surface area contributed by atoms with Crippen molar-refractivity contribution < 1.29 is 0 Å². The fourth-order valence-electron chi connectivity index (χ4n) is 4.42. The maximum Gasteiger partial charge on any atom is 0.0669 e. The highest BCUT2D eigenvalue weighted by atomic mass is 35.5. The Hall–Kier alpha value is -0.490. The fraction of sp³-hybridized carbons (Fsp3) is 0.786. The van der Waals surface area contributed by atoms with Crippen LogP contribution in [0.4, 0.5) is 0 Å². The summed E-state index contributed by atoms with van der Waals surface area (Å²) in [4.78, 5) is -0.209. The molecular formula is C28H49Cl. The van der Waals surface area contributed by atoms with E-state index in [1.165, 1.54) is 120 Å². The molecule has 0 nitrogen and oxygen atoms in total. The van der Waals surface area contributed by atoms with E-state index in [9.17, 15) is 0 Å². The molecule has 168 valence electrons. The van der Waals surface area contributed by atoms with E-state index < -0.39 is 0 Å². The van der Waals surface area contributed by atoms with E-state index in [1.807, 2.05) is 0 Å². The molecule has 0 aliphatic heterocycles. The van der Waals surface area contributed by atoms with Crippen molar-refractivity contribution in [2.45, 2.75) is 141 Å². The summed E-state index contributed by atoms with van der Waals surface area (Å²) < 4.78 is 0. The van der Waals surface area contributed by atoms with Crippen molar-refractivity contribution in [1.82, 2.24) is 0 Å². The van der Waals surface area contributed by atoms with E-state index in [4.69, 9.17) is 11.6 Å². The number of benzene rings is 1. The van der Waals surface area contributed by atoms with Crippen LogP contribution in [0.2, 0.25) is 0 Å². The number of unbranched alkanes of at least 4 members (excludes halogenated alkanes) is 14. The molecule has 0 saturated carbocycles. The Bertz CT molecular complexity index is 491. The molecule has 1 atom stereocenters. The molecule has 1 aromatic carbocycles. The third-order valence-corrected chi connectivity index (χ3v) is 6.77. The average molecular weight is 421 g/mol. The summed E-state index contributed by atoms with van der Waals surface area (Å²) in [7, 11) is 0. The Morgan fingerprint density at radius 2 is 1.07 bits per heavy atom. The normalized spacial score (nSPS) is 13.5. The Labute approximate surface area is 188 Å². The molecule has 1 heteroatoms. The number of aryl methyl sites for hydroxylation is 1. The van der Waals surface area contributed by atoms with E-state index in [0.717, 1.165) is 6.42 Å². The van der Waals surface area contributed by atoms with Gasteiger partial charge in [0.25, 0.3) is 0 Å². The molecule has 0 amide bonds. The average Bonchev–Trinajstić information content (AvgIpc) is 2.72. The maximum atomic E-state index is 7.06. The van der Waals surface area contributed by atoms with Crippen molar-refractivity contribution in [3.05, 3.63) is 35.4 Å². The SMILES string of the molecule is CCCCCCCCCCc1ccccc1C(C)(Cl)CCCCCCCCCC. The van der Waals surface area contributed by atoms with Gasteiger partial charge in [-0.25, -0.2) is 0 Å². The first kappa shape index (κ1) is 26.5. The first-order valence-electron chi connectivity index (χ1n) is 12.9. The van der Waals surface area contributed by atoms with Crippen molar-refractivity contribution in [3.63, 3.8) is 0 Å². The van der Waals surface area contributed by atoms with E-state index in [2.05, 4.69) is 45.0 Å². The van der Waals surface area contributed by atoms with E-state index in [-0.39, 0.29) is 4.87 Å². The van der Waals surface area contributed by atoms with Crippen LogP contribution < -0.4 is 0 Å². The summed E-state index contributed by atoms with van der Waals surface area (Å²) >= 11 is 7.06. The van der Waals surface area contributed by atoms with E-state index in [0.29, 0.717) is 0 Å². The van der Waals surface area contributed by atoms with Crippen molar-refractivity contribution in [2.24, 2.45) is 0 Å². The first-order chi connectivity index (χ1) is 14.1. The molecule has 0 bridgehead atoms. The van der Waals surface area contributed by atoms with Gasteiger partial charge in [-0.15, -0.1) is 11.6 Å². The van der Waals surface area contributed by atoms with Gasteiger partial charge in [0, 0.05) is 0 Å². The van der Waals surface area contributed by atoms with Crippen LogP contribution >= 0.6 is 11.6 Å². The summed E-state index contributed by atoms with van der Waals surface area (Å²) in [5.41, 5.74) is 2.86. The van der Waals surface area contributed by atoms with Gasteiger partial charge in [-0.1, -0.05) is 134 Å². The monoisotopic (exact) mass is 420 g/mol. The van der Waals surface area contributed by atoms with Gasteiger partial charge < -0.3 is 0 Å². The quantitative estimate of drug-likeness (QED) is 0.154. The summed E-state index contributed by atoms with van der Waals surface area (Å²) in [5.74, 6) is 0. The molecule has 0 saturated heterocycles. The molecule has 0 aliphatic carbocycles. The molecule has 1 unspecified atom stereocenters. The molecular weight excluding hydrogens is 372 g/mol. The molecule has 1 rings (SSSR count). The second-order valence-corrected chi connectivity index (χ2v) is 10.1. The van der Waals surface area contributed by atoms with E-state index >= 15 is 0 Å². The minimum absolute atomic E-state index is 0.209. The fourth-order valence-corrected chi connectivity index (χ4v) is 4.74. The van der Waals surface area contributed by atoms with Gasteiger partial charge in [0.15, 0.2) is 0 Å². The highest BCUT2D eigenvalue weighted by molar-refractivity contribution is 6.23. The predicted octanol–water partition coefficient (Wildman–Crippen LogP) is 10.4. The predicted molar refractivity (Wildman–Crippen MR) is 133 cm³/mol. The van der Waals surface area contributed by atoms with Crippen LogP contribution in [-0.4, -0.2) is 0 Å². The second-order valence-electron chi connectivity index (χ2n) is 9.30. The Morgan fingerprint density at radius 1 is 0.621 bits per heavy atom. The van der Waals surface area contributed by atoms with Crippen LogP contribution in [0.1, 0.15) is 141 Å². The van der Waals surface area contributed by atoms with Crippen LogP contribution in [0.3, 0.4) is 0 Å². The van der Waals surface area contributed by atoms with Gasteiger partial charge in [0.2, 0.25) is 0 Å². The third kappa shape index (κ3) is 12.7. The molecule has 0 aromatic heterocycles. The van der Waals surface area contributed by atoms with Crippen LogP contribution in [0.25, 0.3) is 0 Å². The molecule has 0 spiro atoms. The van der Waals surface area contributed by atoms with Crippen molar-refractivity contribution >= 4 is 11.6 Å². The van der Waals surface area contributed by atoms with E-state index in [1.54, 1.807) is 0 Å². The van der Waals surface area contributed by atoms with Gasteiger partial charge in [-0.3, -0.25) is 0 Å². The molecule has 0 N–H and O–H groups in total. The number of hydrogen-bond donors (Lipinski definition) is 0. The topological polar surface area (TPSA) is 0 Å². The standard InChI is InChI=1S/C28H49Cl/c1-4-6-8-10-12-14-16-18-22-26-23-19-20-24-27(26)28(3,29)25-21-17-15-13-11-9-7-5-2/h19-20,23-24H,4-18,21-22,25H2,1-3H3. The van der Waals surface area contributed by atoms with Crippen molar-refractivity contribution in [3.8, 4) is 0 Å². The third-order valence-electron chi connectivity index (χ3n) is 6.38. The number of rotatable bonds is 19. The lowest BCUT2D eigenvalue weighted by atomic mass is 9.88. The van der Waals surface area contributed by atoms with Gasteiger partial charge in [-0.05, 0) is 37.3 Å². The van der Waals surface area contributed by atoms with Gasteiger partial charge in [0.1, 0.15) is 0 Å². The highest BCUT2D eigenvalue weighted by Crippen LogP contribution is 2.37. The summed E-state index contributed by atoms with van der Waals surface area (Å²) in [6, 6.07) is 8.94. The smallest absolute Gasteiger partial charge is 0.0669 e. The molecule has 1 aromatic rings. The number of alkyl halides is 1. The van der Waals surface area contributed by atoms with Crippen LogP contribution in [-0.2, 0) is 11.3 Å². The molecule has 0 fully saturated rings. The Kier molecular flexibility index (Phi) is 15.8. The van der Waals surface area contributed by atoms with Gasteiger partial charge in [0.05, 0.1) is 4.87 Å². The lowest BCUT2D eigenvalue weighted by molar-refractivity contribution is 0.515. The van der Waals surface area contributed by atoms with Crippen LogP contribution in [0.5, 0.6) is 0 Å².